The van der Waals surface area contributed by atoms with Crippen LogP contribution >= 0.6 is 0 Å². The molecule has 1 heterocycles. The van der Waals surface area contributed by atoms with Gasteiger partial charge >= 0.3 is 6.03 Å². The van der Waals surface area contributed by atoms with Crippen molar-refractivity contribution in [1.29, 1.82) is 0 Å². The average molecular weight is 444 g/mol. The number of carbonyl (C=O) groups is 2. The van der Waals surface area contributed by atoms with E-state index in [2.05, 4.69) is 5.32 Å². The molecule has 1 aliphatic rings. The third kappa shape index (κ3) is 4.56. The van der Waals surface area contributed by atoms with Crippen LogP contribution < -0.4 is 15.0 Å². The maximum atomic E-state index is 13.1. The molecule has 0 fully saturated rings. The summed E-state index contributed by atoms with van der Waals surface area (Å²) in [7, 11) is -1.00. The molecular weight excluding hydrogens is 418 g/mol. The minimum absolute atomic E-state index is 0.0683. The SMILES string of the molecule is COc1ccc(CNC(=O)c2ccc3c(c2)S(=O)(=O)N(CC=C(C)C)C(=O)N3C)cc1. The number of benzene rings is 2. The first-order chi connectivity index (χ1) is 14.6. The van der Waals surface area contributed by atoms with Gasteiger partial charge in [0, 0.05) is 19.2 Å². The maximum Gasteiger partial charge on any atom is 0.338 e. The first-order valence-corrected chi connectivity index (χ1v) is 11.1. The minimum atomic E-state index is -4.09. The van der Waals surface area contributed by atoms with E-state index in [0.717, 1.165) is 15.4 Å². The third-order valence-corrected chi connectivity index (χ3v) is 6.70. The fraction of sp³-hybridized carbons (Fsp3) is 0.273. The van der Waals surface area contributed by atoms with Crippen molar-refractivity contribution in [3.8, 4) is 5.75 Å². The molecule has 3 amide bonds. The van der Waals surface area contributed by atoms with Gasteiger partial charge in [-0.2, -0.15) is 0 Å². The molecule has 0 saturated carbocycles. The molecule has 0 unspecified atom stereocenters. The van der Waals surface area contributed by atoms with Crippen LogP contribution in [0.15, 0.2) is 59.0 Å². The second kappa shape index (κ2) is 8.81. The molecule has 3 rings (SSSR count). The molecular formula is C22H25N3O5S. The molecule has 0 spiro atoms. The van der Waals surface area contributed by atoms with Crippen LogP contribution in [0.5, 0.6) is 5.75 Å². The molecule has 164 valence electrons. The van der Waals surface area contributed by atoms with Crippen LogP contribution in [0.1, 0.15) is 29.8 Å². The number of anilines is 1. The number of nitrogens with zero attached hydrogens (tertiary/aromatic N) is 2. The molecule has 1 aliphatic heterocycles. The summed E-state index contributed by atoms with van der Waals surface area (Å²) in [4.78, 5) is 26.4. The maximum absolute atomic E-state index is 13.1. The predicted octanol–water partition coefficient (Wildman–Crippen LogP) is 3.15. The van der Waals surface area contributed by atoms with Crippen molar-refractivity contribution in [1.82, 2.24) is 9.62 Å². The molecule has 0 aromatic heterocycles. The highest BCUT2D eigenvalue weighted by atomic mass is 32.2. The summed E-state index contributed by atoms with van der Waals surface area (Å²) in [5, 5.41) is 2.78. The van der Waals surface area contributed by atoms with Gasteiger partial charge in [-0.3, -0.25) is 9.69 Å². The summed E-state index contributed by atoms with van der Waals surface area (Å²) in [6.07, 6.45) is 1.67. The first kappa shape index (κ1) is 22.4. The number of allylic oxidation sites excluding steroid dienone is 1. The van der Waals surface area contributed by atoms with Crippen LogP contribution in [0.3, 0.4) is 0 Å². The van der Waals surface area contributed by atoms with Crippen molar-refractivity contribution in [3.05, 3.63) is 65.2 Å². The lowest BCUT2D eigenvalue weighted by molar-refractivity contribution is 0.0950. The van der Waals surface area contributed by atoms with Crippen molar-refractivity contribution in [2.75, 3.05) is 25.6 Å². The Bertz CT molecular complexity index is 1140. The van der Waals surface area contributed by atoms with E-state index in [1.54, 1.807) is 25.3 Å². The highest BCUT2D eigenvalue weighted by Crippen LogP contribution is 2.34. The Labute approximate surface area is 182 Å². The molecule has 0 radical (unpaired) electrons. The summed E-state index contributed by atoms with van der Waals surface area (Å²) in [6.45, 7) is 3.85. The molecule has 0 saturated heterocycles. The number of urea groups is 1. The number of amides is 3. The zero-order valence-electron chi connectivity index (χ0n) is 17.9. The summed E-state index contributed by atoms with van der Waals surface area (Å²) in [6, 6.07) is 10.9. The largest absolute Gasteiger partial charge is 0.497 e. The van der Waals surface area contributed by atoms with Crippen molar-refractivity contribution < 1.29 is 22.7 Å². The second-order valence-corrected chi connectivity index (χ2v) is 9.20. The zero-order chi connectivity index (χ0) is 22.8. The summed E-state index contributed by atoms with van der Waals surface area (Å²) >= 11 is 0. The van der Waals surface area contributed by atoms with E-state index in [0.29, 0.717) is 5.75 Å². The number of hydrogen-bond acceptors (Lipinski definition) is 5. The van der Waals surface area contributed by atoms with Crippen LogP contribution in [0, 0.1) is 0 Å². The Morgan fingerprint density at radius 1 is 1.13 bits per heavy atom. The monoisotopic (exact) mass is 443 g/mol. The van der Waals surface area contributed by atoms with Gasteiger partial charge in [0.1, 0.15) is 10.6 Å². The van der Waals surface area contributed by atoms with E-state index in [4.69, 9.17) is 4.74 Å². The number of ether oxygens (including phenoxy) is 1. The molecule has 0 atom stereocenters. The van der Waals surface area contributed by atoms with Crippen LogP contribution in [0.25, 0.3) is 0 Å². The third-order valence-electron chi connectivity index (χ3n) is 4.93. The number of nitrogens with one attached hydrogen (secondary N) is 1. The van der Waals surface area contributed by atoms with E-state index in [9.17, 15) is 18.0 Å². The Hall–Kier alpha value is -3.33. The average Bonchev–Trinajstić information content (AvgIpc) is 2.75. The number of carbonyl (C=O) groups excluding carboxylic acids is 2. The molecule has 31 heavy (non-hydrogen) atoms. The van der Waals surface area contributed by atoms with Crippen molar-refractivity contribution in [2.45, 2.75) is 25.3 Å². The predicted molar refractivity (Wildman–Crippen MR) is 118 cm³/mol. The quantitative estimate of drug-likeness (QED) is 0.692. The summed E-state index contributed by atoms with van der Waals surface area (Å²) in [5.74, 6) is 0.301. The number of rotatable bonds is 6. The summed E-state index contributed by atoms with van der Waals surface area (Å²) in [5.41, 5.74) is 2.20. The Morgan fingerprint density at radius 2 is 1.81 bits per heavy atom. The molecule has 2 aromatic carbocycles. The van der Waals surface area contributed by atoms with Gasteiger partial charge < -0.3 is 10.1 Å². The number of fused-ring (bicyclic) bond motifs is 1. The van der Waals surface area contributed by atoms with Crippen molar-refractivity contribution >= 4 is 27.6 Å². The van der Waals surface area contributed by atoms with Gasteiger partial charge in [-0.1, -0.05) is 23.8 Å². The molecule has 0 aliphatic carbocycles. The van der Waals surface area contributed by atoms with Gasteiger partial charge in [-0.25, -0.2) is 17.5 Å². The second-order valence-electron chi connectivity index (χ2n) is 7.37. The molecule has 0 bridgehead atoms. The number of methoxy groups -OCH3 is 1. The van der Waals surface area contributed by atoms with E-state index in [-0.39, 0.29) is 29.2 Å². The fourth-order valence-corrected chi connectivity index (χ4v) is 4.68. The Balaban J connectivity index is 1.85. The van der Waals surface area contributed by atoms with E-state index in [1.807, 2.05) is 26.0 Å². The zero-order valence-corrected chi connectivity index (χ0v) is 18.7. The van der Waals surface area contributed by atoms with E-state index >= 15 is 0 Å². The molecule has 1 N–H and O–H groups in total. The van der Waals surface area contributed by atoms with Gasteiger partial charge in [-0.05, 0) is 49.7 Å². The highest BCUT2D eigenvalue weighted by molar-refractivity contribution is 7.90. The lowest BCUT2D eigenvalue weighted by Gasteiger charge is -2.33. The van der Waals surface area contributed by atoms with Crippen LogP contribution in [0.4, 0.5) is 10.5 Å². The molecule has 9 heteroatoms. The fourth-order valence-electron chi connectivity index (χ4n) is 3.10. The van der Waals surface area contributed by atoms with Gasteiger partial charge in [-0.15, -0.1) is 0 Å². The topological polar surface area (TPSA) is 96.0 Å². The van der Waals surface area contributed by atoms with Gasteiger partial charge in [0.15, 0.2) is 0 Å². The lowest BCUT2D eigenvalue weighted by atomic mass is 10.1. The van der Waals surface area contributed by atoms with Crippen molar-refractivity contribution in [3.63, 3.8) is 0 Å². The van der Waals surface area contributed by atoms with Crippen molar-refractivity contribution in [2.24, 2.45) is 0 Å². The smallest absolute Gasteiger partial charge is 0.338 e. The summed E-state index contributed by atoms with van der Waals surface area (Å²) < 4.78 is 32.1. The van der Waals surface area contributed by atoms with E-state index < -0.39 is 22.0 Å². The number of sulfonamides is 1. The van der Waals surface area contributed by atoms with Gasteiger partial charge in [0.05, 0.1) is 19.3 Å². The van der Waals surface area contributed by atoms with Crippen LogP contribution in [-0.4, -0.2) is 45.4 Å². The molecule has 8 nitrogen and oxygen atoms in total. The van der Waals surface area contributed by atoms with Crippen LogP contribution in [0.2, 0.25) is 0 Å². The molecule has 2 aromatic rings. The lowest BCUT2D eigenvalue weighted by Crippen LogP contribution is -2.49. The Kier molecular flexibility index (Phi) is 6.35. The highest BCUT2D eigenvalue weighted by Gasteiger charge is 2.39. The number of hydrogen-bond donors (Lipinski definition) is 1. The van der Waals surface area contributed by atoms with Gasteiger partial charge in [0.2, 0.25) is 0 Å². The first-order valence-electron chi connectivity index (χ1n) is 9.64. The standard InChI is InChI=1S/C22H25N3O5S/c1-15(2)11-12-25-22(27)24(3)19-10-7-17(13-20(19)31(25,28)29)21(26)23-14-16-5-8-18(30-4)9-6-16/h5-11,13H,12,14H2,1-4H3,(H,23,26). The Morgan fingerprint density at radius 3 is 2.42 bits per heavy atom. The van der Waals surface area contributed by atoms with Gasteiger partial charge in [0.25, 0.3) is 15.9 Å². The minimum Gasteiger partial charge on any atom is -0.497 e. The normalized spacial score (nSPS) is 14.6. The van der Waals surface area contributed by atoms with Crippen LogP contribution in [-0.2, 0) is 16.6 Å². The van der Waals surface area contributed by atoms with E-state index in [1.165, 1.54) is 30.1 Å².